The average Bonchev–Trinajstić information content (AvgIpc) is 2.92. The fourth-order valence-corrected chi connectivity index (χ4v) is 3.82. The molecular weight excluding hydrogens is 443 g/mol. The zero-order chi connectivity index (χ0) is 23.1. The van der Waals surface area contributed by atoms with Crippen LogP contribution in [0, 0.1) is 17.5 Å². The Bertz CT molecular complexity index is 1220. The third-order valence-corrected chi connectivity index (χ3v) is 5.39. The standard InChI is InChI=1S/C17H14F3N5O5S/c1-31(29,30)15-9(18)4-11(13(19)14(15)20)25-12(26)7-24(17(25)28)6-8-2-3-22-5-10(8)23-16(21)27/h2-5H,6-7H2,1H3,(H3,21,23,27). The molecule has 1 saturated heterocycles. The van der Waals surface area contributed by atoms with E-state index in [1.54, 1.807) is 0 Å². The van der Waals surface area contributed by atoms with Gasteiger partial charge in [-0.1, -0.05) is 0 Å². The van der Waals surface area contributed by atoms with Gasteiger partial charge in [-0.05, 0) is 11.6 Å². The SMILES string of the molecule is CS(=O)(=O)c1c(F)cc(N2C(=O)CN(Cc3ccncc3NC(N)=O)C2=O)c(F)c1F. The van der Waals surface area contributed by atoms with Gasteiger partial charge in [-0.3, -0.25) is 9.78 Å². The number of carbonyl (C=O) groups excluding carboxylic acids is 3. The van der Waals surface area contributed by atoms with E-state index in [1.165, 1.54) is 18.5 Å². The summed E-state index contributed by atoms with van der Waals surface area (Å²) in [6.45, 7) is -0.832. The maximum Gasteiger partial charge on any atom is 0.332 e. The van der Waals surface area contributed by atoms with Crippen molar-refractivity contribution in [3.63, 3.8) is 0 Å². The molecule has 0 spiro atoms. The van der Waals surface area contributed by atoms with Crippen LogP contribution in [0.3, 0.4) is 0 Å². The number of benzene rings is 1. The Morgan fingerprint density at radius 1 is 1.26 bits per heavy atom. The van der Waals surface area contributed by atoms with Crippen LogP contribution in [-0.4, -0.2) is 49.1 Å². The molecule has 1 aromatic carbocycles. The second-order valence-corrected chi connectivity index (χ2v) is 8.45. The summed E-state index contributed by atoms with van der Waals surface area (Å²) in [6.07, 6.45) is 3.07. The summed E-state index contributed by atoms with van der Waals surface area (Å²) in [6, 6.07) is -0.331. The summed E-state index contributed by atoms with van der Waals surface area (Å²) in [4.78, 5) is 39.5. The molecule has 1 aromatic heterocycles. The Morgan fingerprint density at radius 2 is 1.94 bits per heavy atom. The van der Waals surface area contributed by atoms with Crippen molar-refractivity contribution >= 4 is 39.2 Å². The lowest BCUT2D eigenvalue weighted by molar-refractivity contribution is -0.116. The van der Waals surface area contributed by atoms with Crippen LogP contribution in [0.1, 0.15) is 5.56 Å². The van der Waals surface area contributed by atoms with E-state index < -0.39 is 62.4 Å². The quantitative estimate of drug-likeness (QED) is 0.513. The molecule has 2 aromatic rings. The fourth-order valence-electron chi connectivity index (χ4n) is 2.99. The Morgan fingerprint density at radius 3 is 2.55 bits per heavy atom. The number of primary amides is 1. The number of hydrogen-bond donors (Lipinski definition) is 2. The number of amides is 5. The normalized spacial score (nSPS) is 14.3. The average molecular weight is 457 g/mol. The van der Waals surface area contributed by atoms with E-state index >= 15 is 0 Å². The Balaban J connectivity index is 1.96. The van der Waals surface area contributed by atoms with Gasteiger partial charge >= 0.3 is 12.1 Å². The van der Waals surface area contributed by atoms with Gasteiger partial charge < -0.3 is 16.0 Å². The van der Waals surface area contributed by atoms with Crippen LogP contribution in [0.5, 0.6) is 0 Å². The van der Waals surface area contributed by atoms with E-state index in [0.717, 1.165) is 4.90 Å². The van der Waals surface area contributed by atoms with Crippen LogP contribution < -0.4 is 16.0 Å². The monoisotopic (exact) mass is 457 g/mol. The molecule has 31 heavy (non-hydrogen) atoms. The first-order valence-electron chi connectivity index (χ1n) is 8.40. The molecule has 0 aliphatic carbocycles. The molecule has 14 heteroatoms. The summed E-state index contributed by atoms with van der Waals surface area (Å²) in [5.74, 6) is -6.57. The van der Waals surface area contributed by atoms with Crippen molar-refractivity contribution in [2.24, 2.45) is 5.73 Å². The highest BCUT2D eigenvalue weighted by Gasteiger charge is 2.40. The molecule has 0 saturated carbocycles. The van der Waals surface area contributed by atoms with Gasteiger partial charge in [0.05, 0.1) is 24.1 Å². The van der Waals surface area contributed by atoms with E-state index in [9.17, 15) is 36.0 Å². The largest absolute Gasteiger partial charge is 0.351 e. The summed E-state index contributed by atoms with van der Waals surface area (Å²) >= 11 is 0. The van der Waals surface area contributed by atoms with Gasteiger partial charge in [0.2, 0.25) is 0 Å². The maximum atomic E-state index is 14.5. The first kappa shape index (κ1) is 22.0. The minimum absolute atomic E-state index is 0.148. The minimum atomic E-state index is -4.46. The Labute approximate surface area is 173 Å². The number of halogens is 3. The van der Waals surface area contributed by atoms with Crippen LogP contribution in [0.15, 0.2) is 29.4 Å². The number of nitrogens with two attached hydrogens (primary N) is 1. The predicted octanol–water partition coefficient (Wildman–Crippen LogP) is 1.36. The number of sulfone groups is 1. The molecule has 1 aliphatic heterocycles. The molecule has 3 N–H and O–H groups in total. The van der Waals surface area contributed by atoms with Gasteiger partial charge in [-0.2, -0.15) is 0 Å². The number of nitrogens with one attached hydrogen (secondary N) is 1. The molecule has 0 unspecified atom stereocenters. The van der Waals surface area contributed by atoms with Crippen LogP contribution >= 0.6 is 0 Å². The number of anilines is 2. The molecule has 10 nitrogen and oxygen atoms in total. The molecule has 0 atom stereocenters. The molecule has 1 fully saturated rings. The first-order valence-corrected chi connectivity index (χ1v) is 10.3. The smallest absolute Gasteiger partial charge is 0.332 e. The van der Waals surface area contributed by atoms with E-state index in [1.807, 2.05) is 0 Å². The van der Waals surface area contributed by atoms with Crippen molar-refractivity contribution in [2.45, 2.75) is 11.4 Å². The van der Waals surface area contributed by atoms with Crippen molar-refractivity contribution in [3.8, 4) is 0 Å². The third-order valence-electron chi connectivity index (χ3n) is 4.28. The topological polar surface area (TPSA) is 143 Å². The third kappa shape index (κ3) is 4.14. The van der Waals surface area contributed by atoms with Crippen molar-refractivity contribution < 1.29 is 36.0 Å². The number of nitrogens with zero attached hydrogens (tertiary/aromatic N) is 3. The summed E-state index contributed by atoms with van der Waals surface area (Å²) in [5.41, 5.74) is 4.46. The number of carbonyl (C=O) groups is 3. The van der Waals surface area contributed by atoms with Crippen molar-refractivity contribution in [3.05, 3.63) is 47.5 Å². The maximum absolute atomic E-state index is 14.5. The van der Waals surface area contributed by atoms with Gasteiger partial charge in [0.15, 0.2) is 21.5 Å². The summed E-state index contributed by atoms with van der Waals surface area (Å²) in [5, 5.41) is 2.28. The van der Waals surface area contributed by atoms with Crippen LogP contribution in [0.2, 0.25) is 0 Å². The van der Waals surface area contributed by atoms with Gasteiger partial charge in [0, 0.05) is 18.5 Å². The highest BCUT2D eigenvalue weighted by atomic mass is 32.2. The van der Waals surface area contributed by atoms with Crippen LogP contribution in [0.4, 0.5) is 34.1 Å². The molecule has 0 radical (unpaired) electrons. The van der Waals surface area contributed by atoms with E-state index in [-0.39, 0.29) is 23.2 Å². The van der Waals surface area contributed by atoms with Crippen molar-refractivity contribution in [1.29, 1.82) is 0 Å². The van der Waals surface area contributed by atoms with Crippen LogP contribution in [0.25, 0.3) is 0 Å². The molecule has 3 rings (SSSR count). The lowest BCUT2D eigenvalue weighted by Crippen LogP contribution is -2.34. The van der Waals surface area contributed by atoms with E-state index in [4.69, 9.17) is 5.73 Å². The minimum Gasteiger partial charge on any atom is -0.351 e. The molecule has 0 bridgehead atoms. The molecule has 5 amide bonds. The van der Waals surface area contributed by atoms with Crippen molar-refractivity contribution in [1.82, 2.24) is 9.88 Å². The van der Waals surface area contributed by atoms with Crippen molar-refractivity contribution in [2.75, 3.05) is 23.0 Å². The predicted molar refractivity (Wildman–Crippen MR) is 100 cm³/mol. The number of aromatic nitrogens is 1. The fraction of sp³-hybridized carbons (Fsp3) is 0.176. The number of pyridine rings is 1. The van der Waals surface area contributed by atoms with E-state index in [0.29, 0.717) is 11.8 Å². The summed E-state index contributed by atoms with van der Waals surface area (Å²) < 4.78 is 65.9. The molecule has 2 heterocycles. The van der Waals surface area contributed by atoms with Gasteiger partial charge in [0.25, 0.3) is 5.91 Å². The highest BCUT2D eigenvalue weighted by Crippen LogP contribution is 2.32. The number of urea groups is 2. The Hall–Kier alpha value is -3.68. The first-order chi connectivity index (χ1) is 14.4. The number of imide groups is 1. The lowest BCUT2D eigenvalue weighted by Gasteiger charge is -2.19. The summed E-state index contributed by atoms with van der Waals surface area (Å²) in [7, 11) is -4.46. The highest BCUT2D eigenvalue weighted by molar-refractivity contribution is 7.90. The second kappa shape index (κ2) is 7.86. The van der Waals surface area contributed by atoms with Crippen LogP contribution in [-0.2, 0) is 21.2 Å². The number of hydrogen-bond acceptors (Lipinski definition) is 6. The zero-order valence-electron chi connectivity index (χ0n) is 15.7. The van der Waals surface area contributed by atoms with Gasteiger partial charge in [-0.25, -0.2) is 36.1 Å². The number of rotatable bonds is 5. The molecule has 164 valence electrons. The zero-order valence-corrected chi connectivity index (χ0v) is 16.5. The van der Waals surface area contributed by atoms with Gasteiger partial charge in [-0.15, -0.1) is 0 Å². The van der Waals surface area contributed by atoms with E-state index in [2.05, 4.69) is 10.3 Å². The Kier molecular flexibility index (Phi) is 5.59. The molecule has 1 aliphatic rings. The lowest BCUT2D eigenvalue weighted by atomic mass is 10.2. The molecular formula is C17H14F3N5O5S. The second-order valence-electron chi connectivity index (χ2n) is 6.50. The van der Waals surface area contributed by atoms with Gasteiger partial charge in [0.1, 0.15) is 17.3 Å².